The Morgan fingerprint density at radius 1 is 1.38 bits per heavy atom. The van der Waals surface area contributed by atoms with Crippen LogP contribution in [0.4, 0.5) is 0 Å². The van der Waals surface area contributed by atoms with Crippen LogP contribution in [0.25, 0.3) is 11.5 Å². The van der Waals surface area contributed by atoms with Crippen LogP contribution in [0.15, 0.2) is 39.5 Å². The summed E-state index contributed by atoms with van der Waals surface area (Å²) in [6.07, 6.45) is 0. The molecule has 1 amide bonds. The summed E-state index contributed by atoms with van der Waals surface area (Å²) >= 11 is 0. The fraction of sp³-hybridized carbons (Fsp3) is 0.100. The Balaban J connectivity index is 2.38. The number of rotatable bonds is 3. The highest BCUT2D eigenvalue weighted by Gasteiger charge is 2.10. The van der Waals surface area contributed by atoms with Crippen molar-refractivity contribution in [3.8, 4) is 11.5 Å². The van der Waals surface area contributed by atoms with Crippen molar-refractivity contribution < 1.29 is 9.21 Å². The summed E-state index contributed by atoms with van der Waals surface area (Å²) in [7, 11) is 0. The predicted octanol–water partition coefficient (Wildman–Crippen LogP) is -0.0114. The van der Waals surface area contributed by atoms with E-state index in [2.05, 4.69) is 5.10 Å². The second kappa shape index (κ2) is 4.01. The summed E-state index contributed by atoms with van der Waals surface area (Å²) in [6, 6.07) is 8.92. The van der Waals surface area contributed by atoms with Gasteiger partial charge in [-0.15, -0.1) is 5.10 Å². The molecule has 6 nitrogen and oxygen atoms in total. The number of hydrogen-bond donors (Lipinski definition) is 1. The number of carbonyl (C=O) groups is 1. The first-order chi connectivity index (χ1) is 7.66. The van der Waals surface area contributed by atoms with Crippen molar-refractivity contribution >= 4 is 5.91 Å². The summed E-state index contributed by atoms with van der Waals surface area (Å²) in [5.74, 6) is -1.17. The molecular weight excluding hydrogens is 210 g/mol. The van der Waals surface area contributed by atoms with E-state index >= 15 is 0 Å². The van der Waals surface area contributed by atoms with E-state index in [-0.39, 0.29) is 12.4 Å². The zero-order chi connectivity index (χ0) is 11.5. The minimum Gasteiger partial charge on any atom is -0.388 e. The molecule has 0 bridgehead atoms. The fourth-order valence-corrected chi connectivity index (χ4v) is 1.25. The number of aromatic nitrogens is 2. The molecule has 0 saturated carbocycles. The van der Waals surface area contributed by atoms with Crippen LogP contribution in [0.1, 0.15) is 0 Å². The van der Waals surface area contributed by atoms with E-state index in [0.29, 0.717) is 5.56 Å². The lowest BCUT2D eigenvalue weighted by molar-refractivity contribution is -0.118. The fourth-order valence-electron chi connectivity index (χ4n) is 1.25. The van der Waals surface area contributed by atoms with Gasteiger partial charge in [-0.25, -0.2) is 4.79 Å². The van der Waals surface area contributed by atoms with Gasteiger partial charge >= 0.3 is 5.76 Å². The van der Waals surface area contributed by atoms with Crippen LogP contribution >= 0.6 is 0 Å². The van der Waals surface area contributed by atoms with E-state index in [1.807, 2.05) is 6.07 Å². The van der Waals surface area contributed by atoms with Crippen LogP contribution in [0.5, 0.6) is 0 Å². The molecule has 0 aliphatic rings. The number of nitrogens with two attached hydrogens (primary N) is 1. The van der Waals surface area contributed by atoms with Crippen molar-refractivity contribution in [3.05, 3.63) is 40.9 Å². The van der Waals surface area contributed by atoms with Gasteiger partial charge in [0.25, 0.3) is 0 Å². The smallest absolute Gasteiger partial charge is 0.388 e. The molecule has 2 rings (SSSR count). The van der Waals surface area contributed by atoms with Gasteiger partial charge in [0.2, 0.25) is 11.8 Å². The maximum atomic E-state index is 11.3. The molecule has 1 aromatic heterocycles. The molecule has 2 N–H and O–H groups in total. The van der Waals surface area contributed by atoms with Gasteiger partial charge in [-0.2, -0.15) is 4.68 Å². The lowest BCUT2D eigenvalue weighted by Gasteiger charge is -1.92. The topological polar surface area (TPSA) is 91.1 Å². The Hall–Kier alpha value is -2.37. The summed E-state index contributed by atoms with van der Waals surface area (Å²) in [4.78, 5) is 21.9. The third-order valence-electron chi connectivity index (χ3n) is 1.93. The maximum absolute atomic E-state index is 11.3. The van der Waals surface area contributed by atoms with Crippen LogP contribution < -0.4 is 11.5 Å². The SMILES string of the molecule is NC(=O)Cn1nc(-c2ccccc2)oc1=O. The zero-order valence-corrected chi connectivity index (χ0v) is 8.29. The molecule has 16 heavy (non-hydrogen) atoms. The first-order valence-electron chi connectivity index (χ1n) is 4.58. The van der Waals surface area contributed by atoms with Gasteiger partial charge in [0, 0.05) is 5.56 Å². The summed E-state index contributed by atoms with van der Waals surface area (Å²) < 4.78 is 5.78. The van der Waals surface area contributed by atoms with Crippen molar-refractivity contribution in [2.45, 2.75) is 6.54 Å². The lowest BCUT2D eigenvalue weighted by atomic mass is 10.2. The molecule has 0 unspecified atom stereocenters. The Kier molecular flexibility index (Phi) is 2.55. The largest absolute Gasteiger partial charge is 0.437 e. The van der Waals surface area contributed by atoms with E-state index < -0.39 is 11.7 Å². The number of amides is 1. The van der Waals surface area contributed by atoms with Crippen molar-refractivity contribution in [1.82, 2.24) is 9.78 Å². The van der Waals surface area contributed by atoms with Crippen LogP contribution in [-0.2, 0) is 11.3 Å². The lowest BCUT2D eigenvalue weighted by Crippen LogP contribution is -2.26. The van der Waals surface area contributed by atoms with Crippen molar-refractivity contribution in [2.75, 3.05) is 0 Å². The zero-order valence-electron chi connectivity index (χ0n) is 8.29. The highest BCUT2D eigenvalue weighted by molar-refractivity contribution is 5.73. The Morgan fingerprint density at radius 3 is 2.69 bits per heavy atom. The molecule has 0 aliphatic heterocycles. The Morgan fingerprint density at radius 2 is 2.06 bits per heavy atom. The molecule has 1 heterocycles. The highest BCUT2D eigenvalue weighted by atomic mass is 16.4. The third kappa shape index (κ3) is 2.00. The van der Waals surface area contributed by atoms with Crippen LogP contribution in [-0.4, -0.2) is 15.7 Å². The van der Waals surface area contributed by atoms with Gasteiger partial charge in [0.1, 0.15) is 6.54 Å². The summed E-state index contributed by atoms with van der Waals surface area (Å²) in [5.41, 5.74) is 5.63. The molecule has 0 saturated heterocycles. The number of carbonyl (C=O) groups excluding carboxylic acids is 1. The van der Waals surface area contributed by atoms with E-state index in [1.54, 1.807) is 24.3 Å². The molecule has 0 spiro atoms. The minimum absolute atomic E-state index is 0.173. The molecule has 0 aliphatic carbocycles. The van der Waals surface area contributed by atoms with E-state index in [0.717, 1.165) is 4.68 Å². The van der Waals surface area contributed by atoms with Crippen molar-refractivity contribution in [1.29, 1.82) is 0 Å². The number of benzene rings is 1. The van der Waals surface area contributed by atoms with Gasteiger partial charge in [-0.05, 0) is 12.1 Å². The van der Waals surface area contributed by atoms with E-state index in [4.69, 9.17) is 10.2 Å². The maximum Gasteiger partial charge on any atom is 0.437 e. The first kappa shape index (κ1) is 10.2. The molecule has 0 fully saturated rings. The monoisotopic (exact) mass is 219 g/mol. The molecule has 0 atom stereocenters. The quantitative estimate of drug-likeness (QED) is 0.785. The second-order valence-corrected chi connectivity index (χ2v) is 3.16. The van der Waals surface area contributed by atoms with Crippen molar-refractivity contribution in [2.24, 2.45) is 5.73 Å². The van der Waals surface area contributed by atoms with Crippen molar-refractivity contribution in [3.63, 3.8) is 0 Å². The van der Waals surface area contributed by atoms with Gasteiger partial charge < -0.3 is 10.2 Å². The van der Waals surface area contributed by atoms with Gasteiger partial charge in [0.15, 0.2) is 0 Å². The van der Waals surface area contributed by atoms with Crippen LogP contribution in [0, 0.1) is 0 Å². The predicted molar refractivity (Wildman–Crippen MR) is 55.4 cm³/mol. The molecule has 82 valence electrons. The Bertz CT molecular complexity index is 556. The molecule has 1 aromatic carbocycles. The Labute approximate surface area is 90.3 Å². The minimum atomic E-state index is -0.697. The number of hydrogen-bond acceptors (Lipinski definition) is 4. The van der Waals surface area contributed by atoms with E-state index in [1.165, 1.54) is 0 Å². The molecular formula is C10H9N3O3. The van der Waals surface area contributed by atoms with Crippen LogP contribution in [0.2, 0.25) is 0 Å². The average Bonchev–Trinajstić information content (AvgIpc) is 2.61. The summed E-state index contributed by atoms with van der Waals surface area (Å²) in [5, 5.41) is 3.86. The molecule has 0 radical (unpaired) electrons. The van der Waals surface area contributed by atoms with Gasteiger partial charge in [-0.1, -0.05) is 18.2 Å². The van der Waals surface area contributed by atoms with Gasteiger partial charge in [-0.3, -0.25) is 4.79 Å². The normalized spacial score (nSPS) is 10.2. The average molecular weight is 219 g/mol. The highest BCUT2D eigenvalue weighted by Crippen LogP contribution is 2.13. The second-order valence-electron chi connectivity index (χ2n) is 3.16. The summed E-state index contributed by atoms with van der Waals surface area (Å²) in [6.45, 7) is -0.283. The van der Waals surface area contributed by atoms with E-state index in [9.17, 15) is 9.59 Å². The third-order valence-corrected chi connectivity index (χ3v) is 1.93. The van der Waals surface area contributed by atoms with Gasteiger partial charge in [0.05, 0.1) is 0 Å². The number of primary amides is 1. The molecule has 2 aromatic rings. The standard InChI is InChI=1S/C10H9N3O3/c11-8(14)6-13-10(15)16-9(12-13)7-4-2-1-3-5-7/h1-5H,6H2,(H2,11,14). The van der Waals surface area contributed by atoms with Crippen LogP contribution in [0.3, 0.4) is 0 Å². The number of nitrogens with zero attached hydrogens (tertiary/aromatic N) is 2. The molecule has 6 heteroatoms. The first-order valence-corrected chi connectivity index (χ1v) is 4.58.